The molecule has 0 bridgehead atoms. The molecule has 5 nitrogen and oxygen atoms in total. The van der Waals surface area contributed by atoms with Gasteiger partial charge < -0.3 is 9.47 Å². The van der Waals surface area contributed by atoms with Crippen LogP contribution in [-0.2, 0) is 11.3 Å². The summed E-state index contributed by atoms with van der Waals surface area (Å²) < 4.78 is 12.1. The van der Waals surface area contributed by atoms with Crippen LogP contribution in [0.25, 0.3) is 0 Å². The molecule has 0 radical (unpaired) electrons. The van der Waals surface area contributed by atoms with E-state index in [1.165, 1.54) is 16.2 Å². The molecule has 2 atom stereocenters. The van der Waals surface area contributed by atoms with Crippen LogP contribution in [0.15, 0.2) is 30.6 Å². The van der Waals surface area contributed by atoms with Crippen molar-refractivity contribution in [3.8, 4) is 6.01 Å². The number of thiophene rings is 1. The first-order chi connectivity index (χ1) is 11.7. The number of rotatable bonds is 4. The van der Waals surface area contributed by atoms with Crippen LogP contribution in [0.2, 0.25) is 0 Å². The van der Waals surface area contributed by atoms with Gasteiger partial charge in [0.05, 0.1) is 12.2 Å². The molecule has 2 aromatic rings. The minimum atomic E-state index is -0.0655. The van der Waals surface area contributed by atoms with Gasteiger partial charge in [0.1, 0.15) is 6.10 Å². The molecule has 0 saturated carbocycles. The van der Waals surface area contributed by atoms with Crippen LogP contribution < -0.4 is 4.74 Å². The molecule has 2 aromatic heterocycles. The van der Waals surface area contributed by atoms with E-state index in [2.05, 4.69) is 33.9 Å². The molecule has 128 valence electrons. The zero-order chi connectivity index (χ0) is 16.4. The minimum absolute atomic E-state index is 0.0522. The van der Waals surface area contributed by atoms with Gasteiger partial charge >= 0.3 is 6.01 Å². The molecule has 2 aliphatic rings. The van der Waals surface area contributed by atoms with Crippen LogP contribution in [0.5, 0.6) is 6.01 Å². The van der Waals surface area contributed by atoms with Crippen LogP contribution in [0.1, 0.15) is 29.0 Å². The molecule has 2 aliphatic heterocycles. The van der Waals surface area contributed by atoms with Gasteiger partial charge in [0.15, 0.2) is 0 Å². The van der Waals surface area contributed by atoms with Gasteiger partial charge in [-0.2, -0.15) is 0 Å². The van der Waals surface area contributed by atoms with Crippen molar-refractivity contribution in [3.63, 3.8) is 0 Å². The Kier molecular flexibility index (Phi) is 4.52. The monoisotopic (exact) mass is 345 g/mol. The Labute approximate surface area is 146 Å². The molecule has 24 heavy (non-hydrogen) atoms. The summed E-state index contributed by atoms with van der Waals surface area (Å²) in [5.74, 6) is 0. The van der Waals surface area contributed by atoms with Crippen molar-refractivity contribution in [2.45, 2.75) is 44.4 Å². The van der Waals surface area contributed by atoms with Crippen molar-refractivity contribution >= 4 is 11.3 Å². The summed E-state index contributed by atoms with van der Waals surface area (Å²) in [6, 6.07) is 6.69. The number of aryl methyl sites for hydroxylation is 1. The van der Waals surface area contributed by atoms with Gasteiger partial charge in [0, 0.05) is 41.7 Å². The number of aromatic nitrogens is 2. The smallest absolute Gasteiger partial charge is 0.316 e. The predicted molar refractivity (Wildman–Crippen MR) is 93.3 cm³/mol. The fourth-order valence-corrected chi connectivity index (χ4v) is 4.71. The van der Waals surface area contributed by atoms with Gasteiger partial charge in [-0.15, -0.1) is 11.3 Å². The van der Waals surface area contributed by atoms with E-state index in [4.69, 9.17) is 9.47 Å². The highest BCUT2D eigenvalue weighted by Gasteiger charge is 2.44. The highest BCUT2D eigenvalue weighted by Crippen LogP contribution is 2.36. The summed E-state index contributed by atoms with van der Waals surface area (Å²) >= 11 is 1.89. The van der Waals surface area contributed by atoms with Crippen LogP contribution in [-0.4, -0.2) is 46.3 Å². The number of ether oxygens (including phenoxy) is 2. The predicted octanol–water partition coefficient (Wildman–Crippen LogP) is 3.05. The van der Waals surface area contributed by atoms with E-state index in [0.29, 0.717) is 12.6 Å². The van der Waals surface area contributed by atoms with E-state index in [1.807, 2.05) is 11.3 Å². The van der Waals surface area contributed by atoms with E-state index in [9.17, 15) is 0 Å². The van der Waals surface area contributed by atoms with Crippen LogP contribution >= 0.6 is 11.3 Å². The number of nitrogens with zero attached hydrogens (tertiary/aromatic N) is 3. The quantitative estimate of drug-likeness (QED) is 0.852. The van der Waals surface area contributed by atoms with E-state index < -0.39 is 0 Å². The van der Waals surface area contributed by atoms with E-state index in [1.54, 1.807) is 18.5 Å². The summed E-state index contributed by atoms with van der Waals surface area (Å²) in [6.45, 7) is 5.95. The van der Waals surface area contributed by atoms with Crippen molar-refractivity contribution in [2.75, 3.05) is 19.7 Å². The molecule has 2 saturated heterocycles. The minimum Gasteiger partial charge on any atom is -0.458 e. The molecule has 4 heterocycles. The van der Waals surface area contributed by atoms with Crippen LogP contribution in [0.4, 0.5) is 0 Å². The zero-order valence-corrected chi connectivity index (χ0v) is 14.8. The molecular formula is C18H23N3O2S. The Bertz CT molecular complexity index is 678. The van der Waals surface area contributed by atoms with Crippen molar-refractivity contribution in [3.05, 3.63) is 40.3 Å². The largest absolute Gasteiger partial charge is 0.458 e. The first-order valence-electron chi connectivity index (χ1n) is 8.56. The maximum atomic E-state index is 6.22. The number of hydrogen-bond acceptors (Lipinski definition) is 6. The molecule has 6 heteroatoms. The average Bonchev–Trinajstić information content (AvgIpc) is 3.15. The maximum Gasteiger partial charge on any atom is 0.316 e. The fourth-order valence-electron chi connectivity index (χ4n) is 3.77. The van der Waals surface area contributed by atoms with Gasteiger partial charge in [-0.1, -0.05) is 0 Å². The topological polar surface area (TPSA) is 47.5 Å². The molecule has 0 N–H and O–H groups in total. The van der Waals surface area contributed by atoms with E-state index >= 15 is 0 Å². The Morgan fingerprint density at radius 3 is 3.04 bits per heavy atom. The normalized spacial score (nSPS) is 27.6. The Morgan fingerprint density at radius 2 is 2.25 bits per heavy atom. The van der Waals surface area contributed by atoms with Gasteiger partial charge in [-0.25, -0.2) is 9.97 Å². The Hall–Kier alpha value is -1.50. The molecular weight excluding hydrogens is 322 g/mol. The lowest BCUT2D eigenvalue weighted by atomic mass is 9.89. The molecule has 0 unspecified atom stereocenters. The number of likely N-dealkylation sites (tertiary alicyclic amines) is 1. The second-order valence-corrected chi connectivity index (χ2v) is 8.17. The average molecular weight is 345 g/mol. The van der Waals surface area contributed by atoms with Crippen molar-refractivity contribution in [1.29, 1.82) is 0 Å². The lowest BCUT2D eigenvalue weighted by Gasteiger charge is -2.39. The van der Waals surface area contributed by atoms with E-state index in [-0.39, 0.29) is 11.7 Å². The Morgan fingerprint density at radius 1 is 1.38 bits per heavy atom. The molecule has 4 rings (SSSR count). The lowest BCUT2D eigenvalue weighted by molar-refractivity contribution is -0.0536. The lowest BCUT2D eigenvalue weighted by Crippen LogP contribution is -2.47. The van der Waals surface area contributed by atoms with Crippen molar-refractivity contribution in [2.24, 2.45) is 0 Å². The highest BCUT2D eigenvalue weighted by atomic mass is 32.1. The third-order valence-electron chi connectivity index (χ3n) is 4.78. The second kappa shape index (κ2) is 6.78. The van der Waals surface area contributed by atoms with Gasteiger partial charge in [-0.3, -0.25) is 4.90 Å². The van der Waals surface area contributed by atoms with Crippen molar-refractivity contribution in [1.82, 2.24) is 14.9 Å². The van der Waals surface area contributed by atoms with E-state index in [0.717, 1.165) is 32.5 Å². The fraction of sp³-hybridized carbons (Fsp3) is 0.556. The van der Waals surface area contributed by atoms with Crippen molar-refractivity contribution < 1.29 is 9.47 Å². The zero-order valence-electron chi connectivity index (χ0n) is 14.0. The van der Waals surface area contributed by atoms with Gasteiger partial charge in [0.2, 0.25) is 0 Å². The molecule has 0 amide bonds. The van der Waals surface area contributed by atoms with Crippen LogP contribution in [0.3, 0.4) is 0 Å². The summed E-state index contributed by atoms with van der Waals surface area (Å²) in [6.07, 6.45) is 6.68. The maximum absolute atomic E-state index is 6.22. The Balaban J connectivity index is 1.36. The first-order valence-corrected chi connectivity index (χ1v) is 9.38. The molecule has 0 aliphatic carbocycles. The number of hydrogen-bond donors (Lipinski definition) is 0. The third-order valence-corrected chi connectivity index (χ3v) is 5.77. The second-order valence-electron chi connectivity index (χ2n) is 6.80. The van der Waals surface area contributed by atoms with Gasteiger partial charge in [-0.05, 0) is 44.5 Å². The third kappa shape index (κ3) is 3.61. The summed E-state index contributed by atoms with van der Waals surface area (Å²) in [4.78, 5) is 13.6. The molecule has 0 aromatic carbocycles. The van der Waals surface area contributed by atoms with Crippen LogP contribution in [0, 0.1) is 6.92 Å². The van der Waals surface area contributed by atoms with Gasteiger partial charge in [0.25, 0.3) is 0 Å². The summed E-state index contributed by atoms with van der Waals surface area (Å²) in [7, 11) is 0. The first kappa shape index (κ1) is 16.0. The number of piperidine rings is 1. The highest BCUT2D eigenvalue weighted by molar-refractivity contribution is 7.11. The SMILES string of the molecule is Cc1ccc(CN2CCC[C@]3(C[C@@H](Oc4ncccn4)CO3)C2)s1. The molecule has 2 fully saturated rings. The standard InChI is InChI=1S/C18H23N3O2S/c1-14-4-5-16(24-14)11-21-9-2-6-18(13-21)10-15(12-22-18)23-17-19-7-3-8-20-17/h3-5,7-8,15H,2,6,9-13H2,1H3/t15-,18+/m1/s1. The molecule has 1 spiro atoms. The summed E-state index contributed by atoms with van der Waals surface area (Å²) in [5, 5.41) is 0. The summed E-state index contributed by atoms with van der Waals surface area (Å²) in [5.41, 5.74) is -0.0655.